The topological polar surface area (TPSA) is 18.5 Å². The van der Waals surface area contributed by atoms with Crippen molar-refractivity contribution in [1.82, 2.24) is 0 Å². The predicted octanol–water partition coefficient (Wildman–Crippen LogP) is 4.10. The smallest absolute Gasteiger partial charge is 0.342 e. The van der Waals surface area contributed by atoms with Gasteiger partial charge < -0.3 is 8.85 Å². The van der Waals surface area contributed by atoms with Gasteiger partial charge in [0.2, 0.25) is 0 Å². The molecule has 1 rings (SSSR count). The Kier molecular flexibility index (Phi) is 5.01. The van der Waals surface area contributed by atoms with Crippen molar-refractivity contribution in [2.75, 3.05) is 0 Å². The van der Waals surface area contributed by atoms with Gasteiger partial charge in [0, 0.05) is 17.7 Å². The summed E-state index contributed by atoms with van der Waals surface area (Å²) in [5, 5.41) is 0. The fourth-order valence-electron chi connectivity index (χ4n) is 2.37. The van der Waals surface area contributed by atoms with Gasteiger partial charge >= 0.3 is 8.56 Å². The Morgan fingerprint density at radius 1 is 0.938 bits per heavy atom. The van der Waals surface area contributed by atoms with Crippen LogP contribution in [-0.4, -0.2) is 20.8 Å². The molecule has 0 saturated heterocycles. The average molecular weight is 244 g/mol. The summed E-state index contributed by atoms with van der Waals surface area (Å²) < 4.78 is 12.6. The molecular weight excluding hydrogens is 216 g/mol. The highest BCUT2D eigenvalue weighted by Gasteiger charge is 2.53. The van der Waals surface area contributed by atoms with Crippen molar-refractivity contribution >= 4 is 8.56 Å². The Bertz CT molecular complexity index is 183. The summed E-state index contributed by atoms with van der Waals surface area (Å²) in [7, 11) is -1.95. The van der Waals surface area contributed by atoms with Crippen LogP contribution >= 0.6 is 0 Å². The Labute approximate surface area is 102 Å². The normalized spacial score (nSPS) is 17.8. The first-order valence-corrected chi connectivity index (χ1v) is 8.81. The van der Waals surface area contributed by atoms with E-state index in [1.807, 2.05) is 0 Å². The first kappa shape index (κ1) is 14.2. The summed E-state index contributed by atoms with van der Waals surface area (Å²) >= 11 is 0. The minimum atomic E-state index is -1.95. The van der Waals surface area contributed by atoms with Gasteiger partial charge in [0.1, 0.15) is 0 Å². The molecule has 0 unspecified atom stereocenters. The fourth-order valence-corrected chi connectivity index (χ4v) is 7.12. The molecule has 0 bridgehead atoms. The van der Waals surface area contributed by atoms with Gasteiger partial charge in [-0.25, -0.2) is 0 Å². The van der Waals surface area contributed by atoms with E-state index in [2.05, 4.69) is 41.5 Å². The SMILES string of the molecule is CC(C)C[Si](OC(C)C)(OC(C)C)C1CC1. The van der Waals surface area contributed by atoms with Gasteiger partial charge in [-0.3, -0.25) is 0 Å². The van der Waals surface area contributed by atoms with Gasteiger partial charge in [0.15, 0.2) is 0 Å². The molecule has 96 valence electrons. The summed E-state index contributed by atoms with van der Waals surface area (Å²) in [6, 6.07) is 1.15. The first-order chi connectivity index (χ1) is 7.35. The lowest BCUT2D eigenvalue weighted by molar-refractivity contribution is 0.100. The van der Waals surface area contributed by atoms with E-state index in [0.29, 0.717) is 18.1 Å². The minimum absolute atomic E-state index is 0.296. The van der Waals surface area contributed by atoms with Gasteiger partial charge in [0.05, 0.1) is 0 Å². The van der Waals surface area contributed by atoms with Crippen molar-refractivity contribution in [3.05, 3.63) is 0 Å². The minimum Gasteiger partial charge on any atom is -0.392 e. The van der Waals surface area contributed by atoms with Gasteiger partial charge in [-0.15, -0.1) is 0 Å². The summed E-state index contributed by atoms with van der Waals surface area (Å²) in [5.41, 5.74) is 0.750. The van der Waals surface area contributed by atoms with Crippen molar-refractivity contribution in [1.29, 1.82) is 0 Å². The molecule has 1 fully saturated rings. The van der Waals surface area contributed by atoms with Gasteiger partial charge in [-0.05, 0) is 52.5 Å². The van der Waals surface area contributed by atoms with Crippen molar-refractivity contribution < 1.29 is 8.85 Å². The highest BCUT2D eigenvalue weighted by atomic mass is 28.4. The van der Waals surface area contributed by atoms with Crippen LogP contribution in [-0.2, 0) is 8.85 Å². The molecule has 0 radical (unpaired) electrons. The molecule has 0 aliphatic heterocycles. The van der Waals surface area contributed by atoms with Crippen molar-refractivity contribution in [3.63, 3.8) is 0 Å². The van der Waals surface area contributed by atoms with E-state index >= 15 is 0 Å². The van der Waals surface area contributed by atoms with Crippen LogP contribution in [0.1, 0.15) is 54.4 Å². The van der Waals surface area contributed by atoms with E-state index in [1.54, 1.807) is 0 Å². The quantitative estimate of drug-likeness (QED) is 0.628. The highest BCUT2D eigenvalue weighted by molar-refractivity contribution is 6.70. The van der Waals surface area contributed by atoms with Crippen LogP contribution in [0.5, 0.6) is 0 Å². The molecule has 1 aliphatic rings. The molecule has 16 heavy (non-hydrogen) atoms. The van der Waals surface area contributed by atoms with E-state index in [9.17, 15) is 0 Å². The molecular formula is C13H28O2Si. The number of hydrogen-bond acceptors (Lipinski definition) is 2. The average Bonchev–Trinajstić information content (AvgIpc) is 2.79. The maximum atomic E-state index is 6.30. The second kappa shape index (κ2) is 5.65. The van der Waals surface area contributed by atoms with Crippen molar-refractivity contribution in [2.24, 2.45) is 5.92 Å². The highest BCUT2D eigenvalue weighted by Crippen LogP contribution is 2.49. The second-order valence-corrected chi connectivity index (χ2v) is 9.34. The standard InChI is InChI=1S/C13H28O2Si/c1-10(2)9-16(13-7-8-13,14-11(3)4)15-12(5)6/h10-13H,7-9H2,1-6H3. The summed E-state index contributed by atoms with van der Waals surface area (Å²) in [6.07, 6.45) is 3.23. The molecule has 0 heterocycles. The van der Waals surface area contributed by atoms with Crippen molar-refractivity contribution in [2.45, 2.75) is 78.2 Å². The Morgan fingerprint density at radius 3 is 1.62 bits per heavy atom. The summed E-state index contributed by atoms with van der Waals surface area (Å²) in [4.78, 5) is 0. The first-order valence-electron chi connectivity index (χ1n) is 6.71. The van der Waals surface area contributed by atoms with Gasteiger partial charge in [0.25, 0.3) is 0 Å². The van der Waals surface area contributed by atoms with E-state index in [0.717, 1.165) is 11.6 Å². The van der Waals surface area contributed by atoms with Gasteiger partial charge in [-0.1, -0.05) is 13.8 Å². The molecule has 0 aromatic rings. The molecule has 0 spiro atoms. The molecule has 0 aromatic heterocycles. The zero-order valence-electron chi connectivity index (χ0n) is 11.7. The van der Waals surface area contributed by atoms with E-state index in [4.69, 9.17) is 8.85 Å². The van der Waals surface area contributed by atoms with Crippen LogP contribution in [0.25, 0.3) is 0 Å². The van der Waals surface area contributed by atoms with E-state index in [1.165, 1.54) is 12.8 Å². The number of rotatable bonds is 7. The maximum Gasteiger partial charge on any atom is 0.342 e. The molecule has 0 atom stereocenters. The van der Waals surface area contributed by atoms with Crippen molar-refractivity contribution in [3.8, 4) is 0 Å². The molecule has 2 nitrogen and oxygen atoms in total. The molecule has 0 aromatic carbocycles. The third kappa shape index (κ3) is 4.19. The fraction of sp³-hybridized carbons (Fsp3) is 1.00. The van der Waals surface area contributed by atoms with Gasteiger partial charge in [-0.2, -0.15) is 0 Å². The molecule has 0 N–H and O–H groups in total. The molecule has 1 saturated carbocycles. The maximum absolute atomic E-state index is 6.30. The lowest BCUT2D eigenvalue weighted by Gasteiger charge is -2.35. The van der Waals surface area contributed by atoms with Crippen LogP contribution in [0.3, 0.4) is 0 Å². The number of hydrogen-bond donors (Lipinski definition) is 0. The lowest BCUT2D eigenvalue weighted by Crippen LogP contribution is -2.47. The summed E-state index contributed by atoms with van der Waals surface area (Å²) in [5.74, 6) is 0.671. The monoisotopic (exact) mass is 244 g/mol. The van der Waals surface area contributed by atoms with Crippen LogP contribution in [0.4, 0.5) is 0 Å². The van der Waals surface area contributed by atoms with Crippen LogP contribution in [0.15, 0.2) is 0 Å². The van der Waals surface area contributed by atoms with Crippen LogP contribution in [0, 0.1) is 5.92 Å². The van der Waals surface area contributed by atoms with Crippen LogP contribution in [0.2, 0.25) is 11.6 Å². The Balaban J connectivity index is 2.75. The van der Waals surface area contributed by atoms with E-state index in [-0.39, 0.29) is 0 Å². The molecule has 1 aliphatic carbocycles. The lowest BCUT2D eigenvalue weighted by atomic mass is 10.3. The van der Waals surface area contributed by atoms with E-state index < -0.39 is 8.56 Å². The zero-order chi connectivity index (χ0) is 12.3. The Hall–Kier alpha value is 0.137. The zero-order valence-corrected chi connectivity index (χ0v) is 12.7. The third-order valence-corrected chi connectivity index (χ3v) is 7.71. The largest absolute Gasteiger partial charge is 0.392 e. The molecule has 0 amide bonds. The second-order valence-electron chi connectivity index (χ2n) is 6.02. The summed E-state index contributed by atoms with van der Waals surface area (Å²) in [6.45, 7) is 13.1. The third-order valence-electron chi connectivity index (χ3n) is 2.76. The molecule has 3 heteroatoms. The van der Waals surface area contributed by atoms with Crippen LogP contribution < -0.4 is 0 Å². The predicted molar refractivity (Wildman–Crippen MR) is 70.8 cm³/mol. The Morgan fingerprint density at radius 2 is 1.38 bits per heavy atom.